The Labute approximate surface area is 121 Å². The summed E-state index contributed by atoms with van der Waals surface area (Å²) >= 11 is 0. The smallest absolute Gasteiger partial charge is 0.203 e. The zero-order valence-electron chi connectivity index (χ0n) is 11.6. The van der Waals surface area contributed by atoms with E-state index in [0.717, 1.165) is 16.7 Å². The molecule has 0 atom stereocenters. The third kappa shape index (κ3) is 2.39. The molecule has 0 aliphatic rings. The molecule has 2 aromatic heterocycles. The van der Waals surface area contributed by atoms with Crippen molar-refractivity contribution in [2.45, 2.75) is 19.3 Å². The first-order valence-electron chi connectivity index (χ1n) is 6.41. The fourth-order valence-corrected chi connectivity index (χ4v) is 1.98. The van der Waals surface area contributed by atoms with Crippen LogP contribution < -0.4 is 0 Å². The molecule has 1 N–H and O–H groups in total. The fourth-order valence-electron chi connectivity index (χ4n) is 1.98. The lowest BCUT2D eigenvalue weighted by atomic mass is 9.86. The largest absolute Gasteiger partial charge is 0.290 e. The van der Waals surface area contributed by atoms with Gasteiger partial charge in [0.2, 0.25) is 0 Å². The minimum absolute atomic E-state index is 0.392. The van der Waals surface area contributed by atoms with Crippen LogP contribution in [0.25, 0.3) is 17.1 Å². The summed E-state index contributed by atoms with van der Waals surface area (Å²) in [4.78, 5) is 0. The van der Waals surface area contributed by atoms with E-state index in [1.807, 2.05) is 44.3 Å². The van der Waals surface area contributed by atoms with E-state index >= 15 is 0 Å². The van der Waals surface area contributed by atoms with E-state index in [-0.39, 0.29) is 0 Å². The standard InChI is InChI=1S/C14H13N7/c1-14(2,9-15)12-5-3-10(4-6-12)11-7-16-21(8-11)13-17-19-20-18-13/h3-8H,1-2H3,(H,17,18,19,20). The molecule has 0 amide bonds. The zero-order valence-corrected chi connectivity index (χ0v) is 11.6. The van der Waals surface area contributed by atoms with Gasteiger partial charge in [0.05, 0.1) is 17.7 Å². The van der Waals surface area contributed by atoms with Crippen LogP contribution in [0.2, 0.25) is 0 Å². The van der Waals surface area contributed by atoms with Gasteiger partial charge in [0.25, 0.3) is 5.95 Å². The number of aromatic amines is 1. The normalized spacial score (nSPS) is 11.3. The summed E-state index contributed by atoms with van der Waals surface area (Å²) in [6.07, 6.45) is 3.57. The Morgan fingerprint density at radius 1 is 1.19 bits per heavy atom. The maximum atomic E-state index is 9.16. The SMILES string of the molecule is CC(C)(C#N)c1ccc(-c2cnn(-c3nn[nH]n3)c2)cc1. The molecule has 2 heterocycles. The molecule has 7 nitrogen and oxygen atoms in total. The molecule has 104 valence electrons. The molecule has 1 aromatic carbocycles. The molecule has 3 aromatic rings. The number of hydrogen-bond donors (Lipinski definition) is 1. The maximum absolute atomic E-state index is 9.16. The minimum Gasteiger partial charge on any atom is -0.203 e. The Morgan fingerprint density at radius 2 is 1.95 bits per heavy atom. The second kappa shape index (κ2) is 4.83. The number of nitrogens with zero attached hydrogens (tertiary/aromatic N) is 6. The van der Waals surface area contributed by atoms with Crippen LogP contribution in [0.15, 0.2) is 36.7 Å². The van der Waals surface area contributed by atoms with Crippen molar-refractivity contribution >= 4 is 0 Å². The molecule has 0 aliphatic carbocycles. The predicted molar refractivity (Wildman–Crippen MR) is 75.4 cm³/mol. The van der Waals surface area contributed by atoms with Crippen LogP contribution in [0.1, 0.15) is 19.4 Å². The molecule has 0 fully saturated rings. The van der Waals surface area contributed by atoms with E-state index in [1.165, 1.54) is 0 Å². The highest BCUT2D eigenvalue weighted by atomic mass is 15.5. The van der Waals surface area contributed by atoms with Crippen LogP contribution in [0.4, 0.5) is 0 Å². The first-order valence-corrected chi connectivity index (χ1v) is 6.41. The van der Waals surface area contributed by atoms with Crippen LogP contribution in [0, 0.1) is 11.3 Å². The lowest BCUT2D eigenvalue weighted by Gasteiger charge is -2.15. The average molecular weight is 279 g/mol. The number of H-pyrrole nitrogens is 1. The van der Waals surface area contributed by atoms with Gasteiger partial charge in [0.15, 0.2) is 0 Å². The van der Waals surface area contributed by atoms with Crippen LogP contribution >= 0.6 is 0 Å². The second-order valence-corrected chi connectivity index (χ2v) is 5.20. The van der Waals surface area contributed by atoms with Gasteiger partial charge >= 0.3 is 0 Å². The van der Waals surface area contributed by atoms with E-state index in [9.17, 15) is 0 Å². The van der Waals surface area contributed by atoms with Crippen molar-refractivity contribution in [1.29, 1.82) is 5.26 Å². The van der Waals surface area contributed by atoms with E-state index in [1.54, 1.807) is 10.9 Å². The van der Waals surface area contributed by atoms with Crippen LogP contribution in [-0.2, 0) is 5.41 Å². The third-order valence-corrected chi connectivity index (χ3v) is 3.34. The number of rotatable bonds is 3. The van der Waals surface area contributed by atoms with Gasteiger partial charge in [0, 0.05) is 11.8 Å². The molecule has 21 heavy (non-hydrogen) atoms. The van der Waals surface area contributed by atoms with Crippen molar-refractivity contribution in [3.8, 4) is 23.1 Å². The Kier molecular flexibility index (Phi) is 2.99. The summed E-state index contributed by atoms with van der Waals surface area (Å²) in [6.45, 7) is 3.80. The summed E-state index contributed by atoms with van der Waals surface area (Å²) in [5.74, 6) is 0.392. The third-order valence-electron chi connectivity index (χ3n) is 3.34. The summed E-state index contributed by atoms with van der Waals surface area (Å²) in [5, 5.41) is 27.0. The second-order valence-electron chi connectivity index (χ2n) is 5.20. The quantitative estimate of drug-likeness (QED) is 0.789. The van der Waals surface area contributed by atoms with Gasteiger partial charge in [-0.25, -0.2) is 4.68 Å². The average Bonchev–Trinajstić information content (AvgIpc) is 3.18. The highest BCUT2D eigenvalue weighted by molar-refractivity contribution is 5.62. The van der Waals surface area contributed by atoms with Gasteiger partial charge < -0.3 is 0 Å². The first kappa shape index (κ1) is 13.0. The Morgan fingerprint density at radius 3 is 2.57 bits per heavy atom. The first-order chi connectivity index (χ1) is 10.1. The summed E-state index contributed by atoms with van der Waals surface area (Å²) in [6, 6.07) is 10.2. The molecular weight excluding hydrogens is 266 g/mol. The minimum atomic E-state index is -0.493. The molecule has 0 spiro atoms. The Balaban J connectivity index is 1.90. The van der Waals surface area contributed by atoms with Crippen molar-refractivity contribution in [3.63, 3.8) is 0 Å². The van der Waals surface area contributed by atoms with Crippen LogP contribution in [0.5, 0.6) is 0 Å². The van der Waals surface area contributed by atoms with Gasteiger partial charge in [0.1, 0.15) is 0 Å². The monoisotopic (exact) mass is 279 g/mol. The number of benzene rings is 1. The van der Waals surface area contributed by atoms with Crippen LogP contribution in [-0.4, -0.2) is 30.4 Å². The highest BCUT2D eigenvalue weighted by Crippen LogP contribution is 2.26. The molecule has 0 aliphatic heterocycles. The lowest BCUT2D eigenvalue weighted by Crippen LogP contribution is -2.13. The van der Waals surface area contributed by atoms with E-state index in [0.29, 0.717) is 5.95 Å². The zero-order chi connectivity index (χ0) is 14.9. The van der Waals surface area contributed by atoms with Gasteiger partial charge in [-0.3, -0.25) is 0 Å². The predicted octanol–water partition coefficient (Wildman–Crippen LogP) is 1.85. The molecule has 0 bridgehead atoms. The molecular formula is C14H13N7. The summed E-state index contributed by atoms with van der Waals surface area (Å²) in [7, 11) is 0. The van der Waals surface area contributed by atoms with E-state index in [4.69, 9.17) is 5.26 Å². The van der Waals surface area contributed by atoms with Crippen molar-refractivity contribution < 1.29 is 0 Å². The van der Waals surface area contributed by atoms with Crippen molar-refractivity contribution in [1.82, 2.24) is 30.4 Å². The Bertz CT molecular complexity index is 776. The van der Waals surface area contributed by atoms with Crippen molar-refractivity contribution in [2.75, 3.05) is 0 Å². The molecule has 0 unspecified atom stereocenters. The number of hydrogen-bond acceptors (Lipinski definition) is 5. The molecule has 3 rings (SSSR count). The number of nitrogens with one attached hydrogen (secondary N) is 1. The molecule has 0 radical (unpaired) electrons. The van der Waals surface area contributed by atoms with Gasteiger partial charge in [-0.1, -0.05) is 29.4 Å². The fraction of sp³-hybridized carbons (Fsp3) is 0.214. The van der Waals surface area contributed by atoms with E-state index < -0.39 is 5.41 Å². The van der Waals surface area contributed by atoms with Crippen LogP contribution in [0.3, 0.4) is 0 Å². The topological polar surface area (TPSA) is 96.1 Å². The summed E-state index contributed by atoms with van der Waals surface area (Å²) in [5.41, 5.74) is 2.45. The van der Waals surface area contributed by atoms with Crippen molar-refractivity contribution in [2.24, 2.45) is 0 Å². The van der Waals surface area contributed by atoms with Gasteiger partial charge in [-0.15, -0.1) is 5.10 Å². The van der Waals surface area contributed by atoms with Crippen molar-refractivity contribution in [3.05, 3.63) is 42.2 Å². The molecule has 0 saturated carbocycles. The number of aromatic nitrogens is 6. The number of nitriles is 1. The van der Waals surface area contributed by atoms with E-state index in [2.05, 4.69) is 31.8 Å². The summed E-state index contributed by atoms with van der Waals surface area (Å²) < 4.78 is 1.55. The van der Waals surface area contributed by atoms with Gasteiger partial charge in [-0.05, 0) is 30.2 Å². The van der Waals surface area contributed by atoms with Gasteiger partial charge in [-0.2, -0.15) is 15.6 Å². The maximum Gasteiger partial charge on any atom is 0.290 e. The molecule has 0 saturated heterocycles. The highest BCUT2D eigenvalue weighted by Gasteiger charge is 2.19. The molecule has 7 heteroatoms. The number of tetrazole rings is 1. The lowest BCUT2D eigenvalue weighted by molar-refractivity contribution is 0.687. The Hall–Kier alpha value is -3.01.